The number of nitrogens with one attached hydrogen (secondary N) is 1. The van der Waals surface area contributed by atoms with Crippen LogP contribution in [0.1, 0.15) is 11.7 Å². The first-order chi connectivity index (χ1) is 9.93. The van der Waals surface area contributed by atoms with Crippen molar-refractivity contribution in [1.82, 2.24) is 9.97 Å². The molecule has 1 aromatic carbocycles. The van der Waals surface area contributed by atoms with E-state index in [4.69, 9.17) is 44.6 Å². The van der Waals surface area contributed by atoms with Gasteiger partial charge in [0, 0.05) is 5.56 Å². The van der Waals surface area contributed by atoms with Crippen LogP contribution >= 0.6 is 34.8 Å². The molecule has 0 aliphatic carbocycles. The summed E-state index contributed by atoms with van der Waals surface area (Å²) in [4.78, 5) is 6.83. The molecule has 1 aromatic heterocycles. The molecule has 0 spiro atoms. The van der Waals surface area contributed by atoms with Gasteiger partial charge in [0.1, 0.15) is 18.3 Å². The van der Waals surface area contributed by atoms with Crippen molar-refractivity contribution in [3.8, 4) is 0 Å². The number of aromatic nitrogens is 2. The van der Waals surface area contributed by atoms with Gasteiger partial charge < -0.3 is 19.9 Å². The maximum Gasteiger partial charge on any atom is 0.201 e. The highest BCUT2D eigenvalue weighted by Gasteiger charge is 2.46. The van der Waals surface area contributed by atoms with Crippen molar-refractivity contribution in [2.45, 2.75) is 24.5 Å². The van der Waals surface area contributed by atoms with Crippen molar-refractivity contribution in [3.63, 3.8) is 0 Å². The van der Waals surface area contributed by atoms with E-state index in [2.05, 4.69) is 9.97 Å². The highest BCUT2D eigenvalue weighted by atomic mass is 35.5. The Morgan fingerprint density at radius 1 is 1.38 bits per heavy atom. The Hall–Kier alpha value is -0.630. The smallest absolute Gasteiger partial charge is 0.201 e. The Bertz CT molecular complexity index is 696. The van der Waals surface area contributed by atoms with Crippen LogP contribution in [0.3, 0.4) is 0 Å². The standard InChI is InChI=1S/C12H10Cl3FN2O3/c13-3-1-4-9(18-12(15)17-4)6(7(3)14)11-10(20)8(16)5(2-19)21-11/h1,5,8,10-11,19-20H,2H2,(H,17,18)/t5-,8+,10-,11+/m1/s1. The molecule has 2 heterocycles. The number of aliphatic hydroxyl groups excluding tert-OH is 2. The van der Waals surface area contributed by atoms with E-state index >= 15 is 0 Å². The summed E-state index contributed by atoms with van der Waals surface area (Å²) >= 11 is 18.0. The first-order valence-corrected chi connectivity index (χ1v) is 7.19. The Labute approximate surface area is 133 Å². The number of aromatic amines is 1. The van der Waals surface area contributed by atoms with Gasteiger partial charge in [-0.05, 0) is 17.7 Å². The maximum absolute atomic E-state index is 13.9. The quantitative estimate of drug-likeness (QED) is 0.774. The molecule has 5 nitrogen and oxygen atoms in total. The van der Waals surface area contributed by atoms with E-state index in [0.29, 0.717) is 11.0 Å². The number of rotatable bonds is 2. The molecule has 2 aromatic rings. The Morgan fingerprint density at radius 3 is 2.71 bits per heavy atom. The molecule has 3 rings (SSSR count). The molecule has 0 saturated carbocycles. The van der Waals surface area contributed by atoms with Crippen molar-refractivity contribution in [2.75, 3.05) is 6.61 Å². The van der Waals surface area contributed by atoms with Crippen LogP contribution < -0.4 is 0 Å². The van der Waals surface area contributed by atoms with Gasteiger partial charge in [-0.15, -0.1) is 0 Å². The van der Waals surface area contributed by atoms with Crippen LogP contribution in [0.4, 0.5) is 4.39 Å². The topological polar surface area (TPSA) is 78.4 Å². The van der Waals surface area contributed by atoms with Crippen molar-refractivity contribution < 1.29 is 19.3 Å². The lowest BCUT2D eigenvalue weighted by atomic mass is 10.0. The summed E-state index contributed by atoms with van der Waals surface area (Å²) in [5.41, 5.74) is 1.07. The molecule has 4 atom stereocenters. The minimum Gasteiger partial charge on any atom is -0.394 e. The fourth-order valence-corrected chi connectivity index (χ4v) is 3.11. The minimum atomic E-state index is -1.74. The zero-order valence-corrected chi connectivity index (χ0v) is 12.6. The summed E-state index contributed by atoms with van der Waals surface area (Å²) in [6.07, 6.45) is -5.45. The molecule has 9 heteroatoms. The number of fused-ring (bicyclic) bond motifs is 1. The van der Waals surface area contributed by atoms with E-state index in [0.717, 1.165) is 0 Å². The number of hydrogen-bond donors (Lipinski definition) is 3. The van der Waals surface area contributed by atoms with Gasteiger partial charge in [-0.1, -0.05) is 23.2 Å². The SMILES string of the molecule is OC[C@H]1O[C@@H](c2c(Cl)c(Cl)cc3[nH]c(Cl)nc23)[C@H](O)[C@H]1F. The summed E-state index contributed by atoms with van der Waals surface area (Å²) in [6.45, 7) is -0.558. The molecule has 1 aliphatic heterocycles. The fourth-order valence-electron chi connectivity index (χ4n) is 2.46. The molecule has 114 valence electrons. The van der Waals surface area contributed by atoms with Crippen LogP contribution in [0.15, 0.2) is 6.07 Å². The first kappa shape index (κ1) is 15.3. The van der Waals surface area contributed by atoms with Gasteiger partial charge in [0.05, 0.1) is 27.7 Å². The second-order valence-corrected chi connectivity index (χ2v) is 5.87. The average Bonchev–Trinajstić information content (AvgIpc) is 2.93. The van der Waals surface area contributed by atoms with Gasteiger partial charge >= 0.3 is 0 Å². The number of aliphatic hydroxyl groups is 2. The van der Waals surface area contributed by atoms with E-state index in [9.17, 15) is 9.50 Å². The van der Waals surface area contributed by atoms with Crippen LogP contribution in [0.2, 0.25) is 15.3 Å². The lowest BCUT2D eigenvalue weighted by molar-refractivity contribution is -0.0135. The molecule has 0 bridgehead atoms. The second kappa shape index (κ2) is 5.53. The number of halogens is 4. The van der Waals surface area contributed by atoms with E-state index in [1.807, 2.05) is 0 Å². The molecule has 0 unspecified atom stereocenters. The zero-order valence-electron chi connectivity index (χ0n) is 10.4. The Kier molecular flexibility index (Phi) is 4.02. The maximum atomic E-state index is 13.9. The first-order valence-electron chi connectivity index (χ1n) is 6.05. The van der Waals surface area contributed by atoms with Gasteiger partial charge in [0.2, 0.25) is 5.28 Å². The number of hydrogen-bond acceptors (Lipinski definition) is 4. The van der Waals surface area contributed by atoms with E-state index in [1.165, 1.54) is 6.07 Å². The summed E-state index contributed by atoms with van der Waals surface area (Å²) in [5, 5.41) is 19.5. The number of H-pyrrole nitrogens is 1. The second-order valence-electron chi connectivity index (χ2n) is 4.72. The number of nitrogens with zero attached hydrogens (tertiary/aromatic N) is 1. The van der Waals surface area contributed by atoms with Crippen molar-refractivity contribution in [1.29, 1.82) is 0 Å². The van der Waals surface area contributed by atoms with Gasteiger partial charge in [-0.25, -0.2) is 9.37 Å². The monoisotopic (exact) mass is 354 g/mol. The van der Waals surface area contributed by atoms with E-state index in [1.54, 1.807) is 0 Å². The van der Waals surface area contributed by atoms with Crippen molar-refractivity contribution >= 4 is 45.8 Å². The lowest BCUT2D eigenvalue weighted by Gasteiger charge is -2.17. The predicted octanol–water partition coefficient (Wildman–Crippen LogP) is 2.65. The summed E-state index contributed by atoms with van der Waals surface area (Å²) in [6, 6.07) is 1.53. The van der Waals surface area contributed by atoms with Crippen molar-refractivity contribution in [3.05, 3.63) is 27.0 Å². The number of ether oxygens (including phenoxy) is 1. The number of imidazole rings is 1. The molecule has 3 N–H and O–H groups in total. The highest BCUT2D eigenvalue weighted by Crippen LogP contribution is 2.43. The molecule has 21 heavy (non-hydrogen) atoms. The molecule has 0 amide bonds. The third kappa shape index (κ3) is 2.40. The zero-order chi connectivity index (χ0) is 15.3. The largest absolute Gasteiger partial charge is 0.394 e. The minimum absolute atomic E-state index is 0.0992. The number of alkyl halides is 1. The van der Waals surface area contributed by atoms with Crippen LogP contribution in [0.5, 0.6) is 0 Å². The van der Waals surface area contributed by atoms with Crippen molar-refractivity contribution in [2.24, 2.45) is 0 Å². The average molecular weight is 356 g/mol. The van der Waals surface area contributed by atoms with E-state index in [-0.39, 0.29) is 20.9 Å². The van der Waals surface area contributed by atoms with Gasteiger partial charge in [-0.2, -0.15) is 0 Å². The summed E-state index contributed by atoms with van der Waals surface area (Å²) in [7, 11) is 0. The molecule has 1 fully saturated rings. The lowest BCUT2D eigenvalue weighted by Crippen LogP contribution is -2.28. The van der Waals surface area contributed by atoms with Crippen LogP contribution in [0, 0.1) is 0 Å². The van der Waals surface area contributed by atoms with Crippen LogP contribution in [0.25, 0.3) is 11.0 Å². The molecule has 1 aliphatic rings. The van der Waals surface area contributed by atoms with Crippen LogP contribution in [-0.4, -0.2) is 45.2 Å². The Morgan fingerprint density at radius 2 is 2.10 bits per heavy atom. The summed E-state index contributed by atoms with van der Waals surface area (Å²) < 4.78 is 19.2. The molecular formula is C12H10Cl3FN2O3. The molecule has 0 radical (unpaired) electrons. The van der Waals surface area contributed by atoms with Gasteiger partial charge in [0.25, 0.3) is 0 Å². The van der Waals surface area contributed by atoms with E-state index < -0.39 is 31.1 Å². The molecular weight excluding hydrogens is 346 g/mol. The highest BCUT2D eigenvalue weighted by molar-refractivity contribution is 6.43. The third-order valence-electron chi connectivity index (χ3n) is 3.45. The van der Waals surface area contributed by atoms with Gasteiger partial charge in [-0.3, -0.25) is 0 Å². The normalized spacial score (nSPS) is 29.4. The predicted molar refractivity (Wildman–Crippen MR) is 76.7 cm³/mol. The third-order valence-corrected chi connectivity index (χ3v) is 4.43. The fraction of sp³-hybridized carbons (Fsp3) is 0.417. The van der Waals surface area contributed by atoms with Crippen LogP contribution in [-0.2, 0) is 4.74 Å². The summed E-state index contributed by atoms with van der Waals surface area (Å²) in [5.74, 6) is 0. The Balaban J connectivity index is 2.18. The number of benzene rings is 1. The molecule has 1 saturated heterocycles. The van der Waals surface area contributed by atoms with Gasteiger partial charge in [0.15, 0.2) is 6.17 Å².